The van der Waals surface area contributed by atoms with Gasteiger partial charge < -0.3 is 5.32 Å². The van der Waals surface area contributed by atoms with Gasteiger partial charge in [-0.05, 0) is 68.0 Å². The molecule has 2 fully saturated rings. The molecule has 2 aliphatic rings. The Labute approximate surface area is 214 Å². The van der Waals surface area contributed by atoms with Crippen LogP contribution in [0, 0.1) is 5.92 Å². The zero-order valence-corrected chi connectivity index (χ0v) is 22.4. The van der Waals surface area contributed by atoms with E-state index < -0.39 is 20.0 Å². The van der Waals surface area contributed by atoms with Gasteiger partial charge in [0, 0.05) is 37.4 Å². The summed E-state index contributed by atoms with van der Waals surface area (Å²) >= 11 is 0. The number of hydrogen-bond donors (Lipinski definition) is 1. The van der Waals surface area contributed by atoms with Gasteiger partial charge in [0.05, 0.1) is 16.3 Å². The molecular weight excluding hydrogens is 498 g/mol. The van der Waals surface area contributed by atoms with Gasteiger partial charge >= 0.3 is 0 Å². The van der Waals surface area contributed by atoms with E-state index in [1.165, 1.54) is 16.4 Å². The lowest BCUT2D eigenvalue weighted by atomic mass is 10.0. The molecule has 8 nitrogen and oxygen atoms in total. The highest BCUT2D eigenvalue weighted by molar-refractivity contribution is 7.89. The number of sulfonamides is 2. The molecule has 0 saturated carbocycles. The first-order chi connectivity index (χ1) is 17.2. The van der Waals surface area contributed by atoms with Crippen LogP contribution in [0.2, 0.25) is 0 Å². The van der Waals surface area contributed by atoms with E-state index in [9.17, 15) is 21.6 Å². The first-order valence-corrected chi connectivity index (χ1v) is 15.5. The fourth-order valence-corrected chi connectivity index (χ4v) is 7.97. The number of rotatable bonds is 8. The normalized spacial score (nSPS) is 20.5. The average molecular weight is 534 g/mol. The molecule has 2 aliphatic heterocycles. The number of piperidine rings is 1. The van der Waals surface area contributed by atoms with Gasteiger partial charge in [-0.15, -0.1) is 0 Å². The fourth-order valence-electron chi connectivity index (χ4n) is 4.80. The lowest BCUT2D eigenvalue weighted by Crippen LogP contribution is -2.39. The summed E-state index contributed by atoms with van der Waals surface area (Å²) in [4.78, 5) is 13.2. The molecule has 1 unspecified atom stereocenters. The number of benzene rings is 2. The van der Waals surface area contributed by atoms with E-state index in [4.69, 9.17) is 0 Å². The molecule has 2 heterocycles. The Morgan fingerprint density at radius 1 is 0.833 bits per heavy atom. The summed E-state index contributed by atoms with van der Waals surface area (Å²) in [6.45, 7) is 4.08. The topological polar surface area (TPSA) is 104 Å². The summed E-state index contributed by atoms with van der Waals surface area (Å²) in [7, 11) is -7.18. The Morgan fingerprint density at radius 3 is 2.14 bits per heavy atom. The van der Waals surface area contributed by atoms with Crippen molar-refractivity contribution in [1.29, 1.82) is 0 Å². The maximum atomic E-state index is 13.1. The smallest absolute Gasteiger partial charge is 0.243 e. The monoisotopic (exact) mass is 533 g/mol. The summed E-state index contributed by atoms with van der Waals surface area (Å²) in [5.41, 5.74) is 0.929. The lowest BCUT2D eigenvalue weighted by molar-refractivity contribution is 0.101. The Bertz CT molecular complexity index is 1270. The molecule has 2 saturated heterocycles. The predicted octanol–water partition coefficient (Wildman–Crippen LogP) is 3.97. The van der Waals surface area contributed by atoms with Crippen LogP contribution < -0.4 is 5.32 Å². The summed E-state index contributed by atoms with van der Waals surface area (Å²) in [6.07, 6.45) is 5.70. The summed E-state index contributed by atoms with van der Waals surface area (Å²) in [5.74, 6) is 0.0635. The molecular formula is C26H35N3O5S2. The third kappa shape index (κ3) is 6.16. The summed E-state index contributed by atoms with van der Waals surface area (Å²) in [6, 6.07) is 12.6. The quantitative estimate of drug-likeness (QED) is 0.515. The van der Waals surface area contributed by atoms with Crippen molar-refractivity contribution in [1.82, 2.24) is 8.61 Å². The average Bonchev–Trinajstić information content (AvgIpc) is 3.18. The van der Waals surface area contributed by atoms with Crippen molar-refractivity contribution in [3.8, 4) is 0 Å². The Hall–Kier alpha value is -2.27. The number of hydrogen-bond acceptors (Lipinski definition) is 6. The summed E-state index contributed by atoms with van der Waals surface area (Å²) < 4.78 is 55.1. The molecule has 1 N–H and O–H groups in total. The van der Waals surface area contributed by atoms with Gasteiger partial charge in [-0.3, -0.25) is 4.79 Å². The second kappa shape index (κ2) is 11.4. The second-order valence-electron chi connectivity index (χ2n) is 9.76. The highest BCUT2D eigenvalue weighted by atomic mass is 32.2. The van der Waals surface area contributed by atoms with E-state index in [2.05, 4.69) is 5.32 Å². The SMILES string of the molecule is CC1CCCN(S(=O)(=O)c2cccc(C(=O)CNc3ccc(S(=O)(=O)N4CCCCCC4)cc3)c2)C1. The third-order valence-electron chi connectivity index (χ3n) is 6.92. The molecule has 1 atom stereocenters. The van der Waals surface area contributed by atoms with Crippen LogP contribution in [0.15, 0.2) is 58.3 Å². The van der Waals surface area contributed by atoms with Crippen LogP contribution in [-0.4, -0.2) is 64.0 Å². The molecule has 10 heteroatoms. The zero-order valence-electron chi connectivity index (χ0n) is 20.7. The highest BCUT2D eigenvalue weighted by Crippen LogP contribution is 2.25. The van der Waals surface area contributed by atoms with Gasteiger partial charge in [0.15, 0.2) is 5.78 Å². The van der Waals surface area contributed by atoms with Crippen LogP contribution in [0.25, 0.3) is 0 Å². The van der Waals surface area contributed by atoms with Gasteiger partial charge in [-0.25, -0.2) is 16.8 Å². The third-order valence-corrected chi connectivity index (χ3v) is 10.7. The highest BCUT2D eigenvalue weighted by Gasteiger charge is 2.29. The van der Waals surface area contributed by atoms with Crippen LogP contribution in [0.4, 0.5) is 5.69 Å². The molecule has 0 aromatic heterocycles. The van der Waals surface area contributed by atoms with Gasteiger partial charge in [-0.1, -0.05) is 31.9 Å². The predicted molar refractivity (Wildman–Crippen MR) is 140 cm³/mol. The lowest BCUT2D eigenvalue weighted by Gasteiger charge is -2.30. The molecule has 4 rings (SSSR count). The molecule has 0 spiro atoms. The minimum Gasteiger partial charge on any atom is -0.378 e. The minimum absolute atomic E-state index is 0.0392. The molecule has 0 radical (unpaired) electrons. The van der Waals surface area contributed by atoms with Gasteiger partial charge in [0.2, 0.25) is 20.0 Å². The van der Waals surface area contributed by atoms with Crippen LogP contribution in [0.3, 0.4) is 0 Å². The van der Waals surface area contributed by atoms with Crippen LogP contribution in [0.5, 0.6) is 0 Å². The van der Waals surface area contributed by atoms with Crippen LogP contribution in [-0.2, 0) is 20.0 Å². The van der Waals surface area contributed by atoms with Crippen molar-refractivity contribution in [3.05, 3.63) is 54.1 Å². The molecule has 2 aromatic rings. The van der Waals surface area contributed by atoms with E-state index in [1.807, 2.05) is 6.92 Å². The molecule has 0 amide bonds. The zero-order chi connectivity index (χ0) is 25.8. The Morgan fingerprint density at radius 2 is 1.47 bits per heavy atom. The number of carbonyl (C=O) groups excluding carboxylic acids is 1. The number of anilines is 1. The van der Waals surface area contributed by atoms with Crippen molar-refractivity contribution in [3.63, 3.8) is 0 Å². The van der Waals surface area contributed by atoms with E-state index in [0.29, 0.717) is 43.3 Å². The minimum atomic E-state index is -3.65. The first kappa shape index (κ1) is 26.8. The second-order valence-corrected chi connectivity index (χ2v) is 13.6. The molecule has 36 heavy (non-hydrogen) atoms. The van der Waals surface area contributed by atoms with Crippen molar-refractivity contribution >= 4 is 31.5 Å². The van der Waals surface area contributed by atoms with Crippen LogP contribution >= 0.6 is 0 Å². The largest absolute Gasteiger partial charge is 0.378 e. The van der Waals surface area contributed by atoms with Crippen molar-refractivity contribution < 1.29 is 21.6 Å². The maximum Gasteiger partial charge on any atom is 0.243 e. The van der Waals surface area contributed by atoms with E-state index in [1.54, 1.807) is 40.7 Å². The van der Waals surface area contributed by atoms with E-state index >= 15 is 0 Å². The number of Topliss-reactive ketones (excluding diaryl/α,β-unsaturated/α-hetero) is 1. The van der Waals surface area contributed by atoms with Gasteiger partial charge in [-0.2, -0.15) is 8.61 Å². The number of nitrogens with zero attached hydrogens (tertiary/aromatic N) is 2. The number of nitrogens with one attached hydrogen (secondary N) is 1. The Kier molecular flexibility index (Phi) is 8.49. The fraction of sp³-hybridized carbons (Fsp3) is 0.500. The standard InChI is InChI=1S/C26H35N3O5S2/c1-21-8-7-17-29(20-21)36(33,34)25-10-6-9-22(18-25)26(30)19-27-23-11-13-24(14-12-23)35(31,32)28-15-4-2-3-5-16-28/h6,9-14,18,21,27H,2-5,7-8,15-17,19-20H2,1H3. The van der Waals surface area contributed by atoms with Crippen molar-refractivity contribution in [2.75, 3.05) is 38.0 Å². The first-order valence-electron chi connectivity index (χ1n) is 12.7. The van der Waals surface area contributed by atoms with E-state index in [0.717, 1.165) is 38.5 Å². The van der Waals surface area contributed by atoms with Gasteiger partial charge in [0.1, 0.15) is 0 Å². The van der Waals surface area contributed by atoms with Crippen molar-refractivity contribution in [2.45, 2.75) is 55.2 Å². The van der Waals surface area contributed by atoms with Gasteiger partial charge in [0.25, 0.3) is 0 Å². The van der Waals surface area contributed by atoms with Crippen LogP contribution in [0.1, 0.15) is 55.8 Å². The van der Waals surface area contributed by atoms with Crippen molar-refractivity contribution in [2.24, 2.45) is 5.92 Å². The molecule has 196 valence electrons. The number of carbonyl (C=O) groups is 1. The molecule has 0 aliphatic carbocycles. The Balaban J connectivity index is 1.40. The molecule has 2 aromatic carbocycles. The maximum absolute atomic E-state index is 13.1. The number of ketones is 1. The summed E-state index contributed by atoms with van der Waals surface area (Å²) in [5, 5.41) is 3.02. The molecule has 0 bridgehead atoms. The van der Waals surface area contributed by atoms with E-state index in [-0.39, 0.29) is 22.1 Å².